The summed E-state index contributed by atoms with van der Waals surface area (Å²) < 4.78 is 18.6. The first-order valence-corrected chi connectivity index (χ1v) is 6.12. The predicted octanol–water partition coefficient (Wildman–Crippen LogP) is 3.01. The van der Waals surface area contributed by atoms with Gasteiger partial charge in [0.25, 0.3) is 0 Å². The van der Waals surface area contributed by atoms with Crippen LogP contribution in [0.5, 0.6) is 5.75 Å². The molecule has 0 unspecified atom stereocenters. The highest BCUT2D eigenvalue weighted by Crippen LogP contribution is 2.35. The number of fused-ring (bicyclic) bond motifs is 1. The van der Waals surface area contributed by atoms with Gasteiger partial charge in [-0.1, -0.05) is 11.6 Å². The number of H-pyrrole nitrogens is 1. The number of nitrogens with two attached hydrogens (primary N) is 1. The number of aromatic nitrogens is 3. The Morgan fingerprint density at radius 3 is 2.90 bits per heavy atom. The SMILES string of the molecule is COc1cc(-c2nc(N)nc3cc[nH]c23)c(Cl)cc1F. The van der Waals surface area contributed by atoms with E-state index in [9.17, 15) is 4.39 Å². The summed E-state index contributed by atoms with van der Waals surface area (Å²) in [5.74, 6) is -0.334. The predicted molar refractivity (Wildman–Crippen MR) is 75.3 cm³/mol. The fourth-order valence-electron chi connectivity index (χ4n) is 2.02. The van der Waals surface area contributed by atoms with Crippen molar-refractivity contribution >= 4 is 28.6 Å². The first kappa shape index (κ1) is 12.7. The van der Waals surface area contributed by atoms with Crippen LogP contribution in [0.4, 0.5) is 10.3 Å². The van der Waals surface area contributed by atoms with E-state index in [-0.39, 0.29) is 16.7 Å². The second kappa shape index (κ2) is 4.64. The lowest BCUT2D eigenvalue weighted by Crippen LogP contribution is -1.98. The molecular weight excluding hydrogens is 283 g/mol. The number of hydrogen-bond donors (Lipinski definition) is 2. The topological polar surface area (TPSA) is 76.8 Å². The Morgan fingerprint density at radius 1 is 1.35 bits per heavy atom. The van der Waals surface area contributed by atoms with Gasteiger partial charge in [-0.25, -0.2) is 14.4 Å². The number of methoxy groups -OCH3 is 1. The Balaban J connectivity index is 2.33. The number of rotatable bonds is 2. The second-order valence-electron chi connectivity index (χ2n) is 4.13. The van der Waals surface area contributed by atoms with Crippen LogP contribution in [-0.4, -0.2) is 22.1 Å². The zero-order chi connectivity index (χ0) is 14.3. The number of halogens is 2. The minimum Gasteiger partial charge on any atom is -0.494 e. The molecule has 2 heterocycles. The zero-order valence-corrected chi connectivity index (χ0v) is 11.2. The standard InChI is InChI=1S/C13H10ClFN4O/c1-20-10-4-6(7(14)5-8(10)15)11-12-9(2-3-17-12)18-13(16)19-11/h2-5,17H,1H3,(H2,16,18,19). The van der Waals surface area contributed by atoms with E-state index in [1.807, 2.05) is 0 Å². The molecule has 2 aromatic heterocycles. The van der Waals surface area contributed by atoms with Crippen molar-refractivity contribution in [3.63, 3.8) is 0 Å². The van der Waals surface area contributed by atoms with Crippen molar-refractivity contribution in [3.8, 4) is 17.0 Å². The maximum Gasteiger partial charge on any atom is 0.221 e. The largest absolute Gasteiger partial charge is 0.494 e. The maximum absolute atomic E-state index is 13.6. The van der Waals surface area contributed by atoms with Gasteiger partial charge in [0, 0.05) is 11.8 Å². The third-order valence-electron chi connectivity index (χ3n) is 2.92. The second-order valence-corrected chi connectivity index (χ2v) is 4.54. The van der Waals surface area contributed by atoms with Gasteiger partial charge in [0.1, 0.15) is 5.69 Å². The van der Waals surface area contributed by atoms with Crippen LogP contribution in [0.15, 0.2) is 24.4 Å². The Bertz CT molecular complexity index is 802. The molecule has 102 valence electrons. The van der Waals surface area contributed by atoms with E-state index in [4.69, 9.17) is 22.1 Å². The Morgan fingerprint density at radius 2 is 2.15 bits per heavy atom. The van der Waals surface area contributed by atoms with Crippen molar-refractivity contribution < 1.29 is 9.13 Å². The lowest BCUT2D eigenvalue weighted by molar-refractivity contribution is 0.387. The van der Waals surface area contributed by atoms with Crippen molar-refractivity contribution in [1.82, 2.24) is 15.0 Å². The average molecular weight is 293 g/mol. The summed E-state index contributed by atoms with van der Waals surface area (Å²) >= 11 is 6.10. The summed E-state index contributed by atoms with van der Waals surface area (Å²) in [5.41, 5.74) is 8.04. The average Bonchev–Trinajstić information content (AvgIpc) is 2.86. The number of nitrogen functional groups attached to an aromatic ring is 1. The highest BCUT2D eigenvalue weighted by atomic mass is 35.5. The summed E-state index contributed by atoms with van der Waals surface area (Å²) in [6, 6.07) is 4.44. The van der Waals surface area contributed by atoms with E-state index in [0.29, 0.717) is 22.3 Å². The number of nitrogens with zero attached hydrogens (tertiary/aromatic N) is 2. The normalized spacial score (nSPS) is 10.9. The van der Waals surface area contributed by atoms with E-state index in [1.165, 1.54) is 19.2 Å². The molecule has 0 saturated carbocycles. The smallest absolute Gasteiger partial charge is 0.221 e. The molecule has 0 fully saturated rings. The van der Waals surface area contributed by atoms with Gasteiger partial charge in [-0.15, -0.1) is 0 Å². The number of hydrogen-bond acceptors (Lipinski definition) is 4. The van der Waals surface area contributed by atoms with E-state index < -0.39 is 5.82 Å². The summed E-state index contributed by atoms with van der Waals surface area (Å²) in [6.45, 7) is 0. The fraction of sp³-hybridized carbons (Fsp3) is 0.0769. The van der Waals surface area contributed by atoms with Gasteiger partial charge >= 0.3 is 0 Å². The molecule has 7 heteroatoms. The maximum atomic E-state index is 13.6. The molecule has 0 aliphatic heterocycles. The third kappa shape index (κ3) is 1.94. The van der Waals surface area contributed by atoms with Crippen molar-refractivity contribution in [2.24, 2.45) is 0 Å². The highest BCUT2D eigenvalue weighted by Gasteiger charge is 2.16. The fourth-order valence-corrected chi connectivity index (χ4v) is 2.26. The number of nitrogens with one attached hydrogen (secondary N) is 1. The summed E-state index contributed by atoms with van der Waals surface area (Å²) in [6.07, 6.45) is 1.72. The van der Waals surface area contributed by atoms with Crippen molar-refractivity contribution in [2.45, 2.75) is 0 Å². The molecule has 0 bridgehead atoms. The lowest BCUT2D eigenvalue weighted by Gasteiger charge is -2.09. The monoisotopic (exact) mass is 292 g/mol. The third-order valence-corrected chi connectivity index (χ3v) is 3.23. The lowest BCUT2D eigenvalue weighted by atomic mass is 10.1. The summed E-state index contributed by atoms with van der Waals surface area (Å²) in [7, 11) is 1.38. The van der Waals surface area contributed by atoms with Crippen LogP contribution < -0.4 is 10.5 Å². The number of anilines is 1. The molecule has 20 heavy (non-hydrogen) atoms. The molecule has 1 aromatic carbocycles. The molecule has 0 atom stereocenters. The molecule has 0 saturated heterocycles. The molecular formula is C13H10ClFN4O. The van der Waals surface area contributed by atoms with Crippen LogP contribution in [-0.2, 0) is 0 Å². The van der Waals surface area contributed by atoms with Gasteiger partial charge in [-0.05, 0) is 18.2 Å². The van der Waals surface area contributed by atoms with E-state index in [1.54, 1.807) is 12.3 Å². The van der Waals surface area contributed by atoms with Crippen molar-refractivity contribution in [1.29, 1.82) is 0 Å². The van der Waals surface area contributed by atoms with E-state index in [0.717, 1.165) is 0 Å². The molecule has 5 nitrogen and oxygen atoms in total. The molecule has 0 radical (unpaired) electrons. The Labute approximate surface area is 118 Å². The van der Waals surface area contributed by atoms with Gasteiger partial charge in [0.05, 0.1) is 23.2 Å². The molecule has 0 aliphatic rings. The summed E-state index contributed by atoms with van der Waals surface area (Å²) in [4.78, 5) is 11.3. The molecule has 0 amide bonds. The van der Waals surface area contributed by atoms with Gasteiger partial charge in [-0.2, -0.15) is 0 Å². The number of aromatic amines is 1. The number of ether oxygens (including phenoxy) is 1. The minimum atomic E-state index is -0.536. The first-order chi connectivity index (χ1) is 9.60. The van der Waals surface area contributed by atoms with Gasteiger partial charge in [0.15, 0.2) is 11.6 Å². The van der Waals surface area contributed by atoms with Crippen molar-refractivity contribution in [3.05, 3.63) is 35.2 Å². The van der Waals surface area contributed by atoms with E-state index >= 15 is 0 Å². The van der Waals surface area contributed by atoms with Crippen LogP contribution in [0.25, 0.3) is 22.3 Å². The van der Waals surface area contributed by atoms with Crippen LogP contribution in [0, 0.1) is 5.82 Å². The van der Waals surface area contributed by atoms with Gasteiger partial charge < -0.3 is 15.5 Å². The zero-order valence-electron chi connectivity index (χ0n) is 10.4. The van der Waals surface area contributed by atoms with Crippen LogP contribution >= 0.6 is 11.6 Å². The van der Waals surface area contributed by atoms with Crippen LogP contribution in [0.3, 0.4) is 0 Å². The van der Waals surface area contributed by atoms with E-state index in [2.05, 4.69) is 15.0 Å². The van der Waals surface area contributed by atoms with Crippen molar-refractivity contribution in [2.75, 3.05) is 12.8 Å². The van der Waals surface area contributed by atoms with Gasteiger partial charge in [0.2, 0.25) is 5.95 Å². The van der Waals surface area contributed by atoms with Crippen LogP contribution in [0.1, 0.15) is 0 Å². The quantitative estimate of drug-likeness (QED) is 0.761. The molecule has 3 N–H and O–H groups in total. The Kier molecular flexibility index (Phi) is 2.94. The first-order valence-electron chi connectivity index (χ1n) is 5.74. The Hall–Kier alpha value is -2.34. The van der Waals surface area contributed by atoms with Gasteiger partial charge in [-0.3, -0.25) is 0 Å². The number of benzene rings is 1. The van der Waals surface area contributed by atoms with Crippen LogP contribution in [0.2, 0.25) is 5.02 Å². The molecule has 3 rings (SSSR count). The molecule has 3 aromatic rings. The summed E-state index contributed by atoms with van der Waals surface area (Å²) in [5, 5.41) is 0.220. The minimum absolute atomic E-state index is 0.0845. The molecule has 0 aliphatic carbocycles. The highest BCUT2D eigenvalue weighted by molar-refractivity contribution is 6.33. The molecule has 0 spiro atoms.